The fourth-order valence-electron chi connectivity index (χ4n) is 2.80. The maximum absolute atomic E-state index is 6.45. The van der Waals surface area contributed by atoms with Gasteiger partial charge < -0.3 is 5.32 Å². The van der Waals surface area contributed by atoms with Crippen molar-refractivity contribution < 1.29 is 0 Å². The van der Waals surface area contributed by atoms with Crippen molar-refractivity contribution in [2.75, 3.05) is 26.2 Å². The van der Waals surface area contributed by atoms with E-state index in [9.17, 15) is 0 Å². The van der Waals surface area contributed by atoms with E-state index in [2.05, 4.69) is 36.7 Å². The topological polar surface area (TPSA) is 15.3 Å². The van der Waals surface area contributed by atoms with Crippen LogP contribution in [0, 0.1) is 6.92 Å². The van der Waals surface area contributed by atoms with Gasteiger partial charge in [0.15, 0.2) is 0 Å². The van der Waals surface area contributed by atoms with Crippen molar-refractivity contribution in [2.24, 2.45) is 0 Å². The number of hydrogen-bond donors (Lipinski definition) is 1. The molecule has 1 aliphatic rings. The van der Waals surface area contributed by atoms with Crippen molar-refractivity contribution in [3.8, 4) is 0 Å². The quantitative estimate of drug-likeness (QED) is 0.847. The Morgan fingerprint density at radius 2 is 2.11 bits per heavy atom. The molecule has 1 aromatic carbocycles. The first-order valence-corrected chi connectivity index (χ1v) is 7.31. The molecular weight excluding hydrogens is 256 g/mol. The average Bonchev–Trinajstić information content (AvgIpc) is 2.38. The molecule has 104 valence electrons. The summed E-state index contributed by atoms with van der Waals surface area (Å²) < 4.78 is 0. The van der Waals surface area contributed by atoms with Gasteiger partial charge in [-0.05, 0) is 37.5 Å². The summed E-state index contributed by atoms with van der Waals surface area (Å²) in [6.07, 6.45) is 0.977. The number of benzene rings is 1. The van der Waals surface area contributed by atoms with Crippen molar-refractivity contribution in [2.45, 2.75) is 26.3 Å². The molecule has 1 saturated heterocycles. The van der Waals surface area contributed by atoms with E-state index in [0.717, 1.165) is 37.6 Å². The molecule has 1 aliphatic heterocycles. The van der Waals surface area contributed by atoms with Crippen LogP contribution in [0.4, 0.5) is 0 Å². The maximum atomic E-state index is 6.45. The Morgan fingerprint density at radius 3 is 2.68 bits per heavy atom. The lowest BCUT2D eigenvalue weighted by Gasteiger charge is -2.36. The molecule has 0 saturated carbocycles. The number of nitrogens with one attached hydrogen (secondary N) is 1. The van der Waals surface area contributed by atoms with E-state index in [1.165, 1.54) is 16.7 Å². The largest absolute Gasteiger partial charge is 0.314 e. The van der Waals surface area contributed by atoms with E-state index >= 15 is 0 Å². The first kappa shape index (κ1) is 14.6. The zero-order valence-corrected chi connectivity index (χ0v) is 12.6. The second kappa shape index (κ2) is 6.56. The van der Waals surface area contributed by atoms with Crippen LogP contribution < -0.4 is 5.32 Å². The van der Waals surface area contributed by atoms with Crippen LogP contribution in [0.1, 0.15) is 30.5 Å². The molecule has 0 radical (unpaired) electrons. The lowest BCUT2D eigenvalue weighted by Crippen LogP contribution is -2.45. The van der Waals surface area contributed by atoms with E-state index in [0.29, 0.717) is 6.04 Å². The van der Waals surface area contributed by atoms with Gasteiger partial charge in [-0.3, -0.25) is 4.90 Å². The summed E-state index contributed by atoms with van der Waals surface area (Å²) in [6.45, 7) is 12.6. The van der Waals surface area contributed by atoms with Crippen LogP contribution in [-0.4, -0.2) is 31.1 Å². The van der Waals surface area contributed by atoms with E-state index in [4.69, 9.17) is 11.6 Å². The van der Waals surface area contributed by atoms with E-state index in [1.54, 1.807) is 0 Å². The maximum Gasteiger partial charge on any atom is 0.0456 e. The molecule has 1 atom stereocenters. The van der Waals surface area contributed by atoms with Gasteiger partial charge >= 0.3 is 0 Å². The molecule has 1 N–H and O–H groups in total. The first-order chi connectivity index (χ1) is 9.09. The molecule has 0 aromatic heterocycles. The van der Waals surface area contributed by atoms with Gasteiger partial charge in [0.1, 0.15) is 0 Å². The minimum absolute atomic E-state index is 0.355. The van der Waals surface area contributed by atoms with Crippen LogP contribution in [0.3, 0.4) is 0 Å². The monoisotopic (exact) mass is 278 g/mol. The summed E-state index contributed by atoms with van der Waals surface area (Å²) in [6, 6.07) is 6.52. The third-order valence-electron chi connectivity index (χ3n) is 3.74. The lowest BCUT2D eigenvalue weighted by molar-refractivity contribution is 0.172. The van der Waals surface area contributed by atoms with Crippen molar-refractivity contribution in [3.05, 3.63) is 46.5 Å². The van der Waals surface area contributed by atoms with Crippen LogP contribution in [0.25, 0.3) is 0 Å². The third-order valence-corrected chi connectivity index (χ3v) is 4.07. The van der Waals surface area contributed by atoms with Crippen molar-refractivity contribution in [1.29, 1.82) is 0 Å². The van der Waals surface area contributed by atoms with Gasteiger partial charge in [0, 0.05) is 37.2 Å². The summed E-state index contributed by atoms with van der Waals surface area (Å²) >= 11 is 6.45. The van der Waals surface area contributed by atoms with E-state index < -0.39 is 0 Å². The van der Waals surface area contributed by atoms with Gasteiger partial charge in [-0.1, -0.05) is 29.3 Å². The van der Waals surface area contributed by atoms with Crippen LogP contribution in [0.5, 0.6) is 0 Å². The van der Waals surface area contributed by atoms with Crippen LogP contribution >= 0.6 is 11.6 Å². The highest BCUT2D eigenvalue weighted by Crippen LogP contribution is 2.34. The highest BCUT2D eigenvalue weighted by molar-refractivity contribution is 6.31. The van der Waals surface area contributed by atoms with Crippen molar-refractivity contribution >= 4 is 11.6 Å². The molecule has 19 heavy (non-hydrogen) atoms. The zero-order chi connectivity index (χ0) is 13.8. The summed E-state index contributed by atoms with van der Waals surface area (Å²) in [7, 11) is 0. The smallest absolute Gasteiger partial charge is 0.0456 e. The van der Waals surface area contributed by atoms with E-state index in [-0.39, 0.29) is 0 Å². The molecule has 2 rings (SSSR count). The number of halogens is 1. The molecule has 1 aromatic rings. The Kier molecular flexibility index (Phi) is 5.03. The third kappa shape index (κ3) is 3.59. The predicted octanol–water partition coefficient (Wildman–Crippen LogP) is 3.56. The van der Waals surface area contributed by atoms with Gasteiger partial charge in [-0.15, -0.1) is 6.58 Å². The fourth-order valence-corrected chi connectivity index (χ4v) is 3.15. The summed E-state index contributed by atoms with van der Waals surface area (Å²) in [5.74, 6) is 0. The van der Waals surface area contributed by atoms with Crippen LogP contribution in [0.15, 0.2) is 30.4 Å². The average molecular weight is 279 g/mol. The highest BCUT2D eigenvalue weighted by atomic mass is 35.5. The first-order valence-electron chi connectivity index (χ1n) is 6.93. The SMILES string of the molecule is C=C(C)C[C@@H](c1c(C)cccc1Cl)N1CCNCC1. The van der Waals surface area contributed by atoms with Crippen LogP contribution in [0.2, 0.25) is 5.02 Å². The molecule has 1 fully saturated rings. The molecule has 1 heterocycles. The van der Waals surface area contributed by atoms with Gasteiger partial charge in [-0.25, -0.2) is 0 Å². The predicted molar refractivity (Wildman–Crippen MR) is 82.8 cm³/mol. The Hall–Kier alpha value is -0.830. The van der Waals surface area contributed by atoms with Gasteiger partial charge in [0.2, 0.25) is 0 Å². The molecule has 2 nitrogen and oxygen atoms in total. The summed E-state index contributed by atoms with van der Waals surface area (Å²) in [5.41, 5.74) is 3.76. The highest BCUT2D eigenvalue weighted by Gasteiger charge is 2.25. The number of aryl methyl sites for hydroxylation is 1. The number of nitrogens with zero attached hydrogens (tertiary/aromatic N) is 1. The number of piperazine rings is 1. The van der Waals surface area contributed by atoms with E-state index in [1.807, 2.05) is 12.1 Å². The molecule has 3 heteroatoms. The summed E-state index contributed by atoms with van der Waals surface area (Å²) in [5, 5.41) is 4.29. The molecule has 0 bridgehead atoms. The Morgan fingerprint density at radius 1 is 1.42 bits per heavy atom. The Bertz CT molecular complexity index is 430. The fraction of sp³-hybridized carbons (Fsp3) is 0.500. The molecule has 0 aliphatic carbocycles. The number of rotatable bonds is 4. The van der Waals surface area contributed by atoms with Gasteiger partial charge in [0.05, 0.1) is 0 Å². The minimum atomic E-state index is 0.355. The molecular formula is C16H23ClN2. The second-order valence-corrected chi connectivity index (χ2v) is 5.84. The standard InChI is InChI=1S/C16H23ClN2/c1-12(2)11-15(19-9-7-18-8-10-19)16-13(3)5-4-6-14(16)17/h4-6,15,18H,1,7-11H2,2-3H3/t15-/m0/s1. The van der Waals surface area contributed by atoms with Crippen molar-refractivity contribution in [1.82, 2.24) is 10.2 Å². The van der Waals surface area contributed by atoms with Crippen LogP contribution in [-0.2, 0) is 0 Å². The zero-order valence-electron chi connectivity index (χ0n) is 11.9. The molecule has 0 spiro atoms. The Labute approximate surface area is 121 Å². The second-order valence-electron chi connectivity index (χ2n) is 5.43. The number of hydrogen-bond acceptors (Lipinski definition) is 2. The van der Waals surface area contributed by atoms with Gasteiger partial charge in [0.25, 0.3) is 0 Å². The molecule has 0 amide bonds. The normalized spacial score (nSPS) is 18.3. The molecule has 0 unspecified atom stereocenters. The lowest BCUT2D eigenvalue weighted by atomic mass is 9.94. The van der Waals surface area contributed by atoms with Crippen molar-refractivity contribution in [3.63, 3.8) is 0 Å². The van der Waals surface area contributed by atoms with Gasteiger partial charge in [-0.2, -0.15) is 0 Å². The minimum Gasteiger partial charge on any atom is -0.314 e. The summed E-state index contributed by atoms with van der Waals surface area (Å²) in [4.78, 5) is 2.53. The Balaban J connectivity index is 2.33.